The standard InChI is InChI=1S/C23H26FNO6S/c1-14-10-15(2)22(16(3)11-14)32(28,29)25-9-5-6-19(25)23(27)31-13-20(26)17-7-8-21(30-4)18(24)12-17/h7-8,10-12,19H,5-6,9,13H2,1-4H3. The van der Waals surface area contributed by atoms with E-state index in [1.807, 2.05) is 6.92 Å². The Hall–Kier alpha value is -2.78. The maximum atomic E-state index is 13.8. The van der Waals surface area contributed by atoms with Crippen LogP contribution in [0.3, 0.4) is 0 Å². The highest BCUT2D eigenvalue weighted by Crippen LogP contribution is 2.31. The molecule has 0 N–H and O–H groups in total. The third kappa shape index (κ3) is 4.68. The van der Waals surface area contributed by atoms with Crippen LogP contribution < -0.4 is 4.74 Å². The molecule has 1 unspecified atom stereocenters. The van der Waals surface area contributed by atoms with Crippen LogP contribution in [0.25, 0.3) is 0 Å². The van der Waals surface area contributed by atoms with Gasteiger partial charge in [0.05, 0.1) is 12.0 Å². The van der Waals surface area contributed by atoms with Crippen molar-refractivity contribution in [3.05, 3.63) is 58.4 Å². The Bertz CT molecular complexity index is 1140. The second-order valence-corrected chi connectivity index (χ2v) is 9.71. The van der Waals surface area contributed by atoms with Crippen LogP contribution in [0.1, 0.15) is 39.9 Å². The molecule has 2 aromatic rings. The van der Waals surface area contributed by atoms with E-state index in [0.717, 1.165) is 15.9 Å². The maximum Gasteiger partial charge on any atom is 0.324 e. The number of carbonyl (C=O) groups is 2. The van der Waals surface area contributed by atoms with Crippen molar-refractivity contribution in [3.63, 3.8) is 0 Å². The summed E-state index contributed by atoms with van der Waals surface area (Å²) in [5.41, 5.74) is 2.19. The first kappa shape index (κ1) is 23.9. The van der Waals surface area contributed by atoms with Gasteiger partial charge in [0.25, 0.3) is 0 Å². The summed E-state index contributed by atoms with van der Waals surface area (Å²) in [5, 5.41) is 0. The van der Waals surface area contributed by atoms with E-state index in [2.05, 4.69) is 0 Å². The van der Waals surface area contributed by atoms with E-state index in [-0.39, 0.29) is 22.8 Å². The number of methoxy groups -OCH3 is 1. The predicted molar refractivity (Wildman–Crippen MR) is 116 cm³/mol. The Morgan fingerprint density at radius 2 is 1.78 bits per heavy atom. The van der Waals surface area contributed by atoms with Gasteiger partial charge in [-0.1, -0.05) is 17.7 Å². The van der Waals surface area contributed by atoms with Gasteiger partial charge in [0, 0.05) is 12.1 Å². The Balaban J connectivity index is 1.74. The number of ether oxygens (including phenoxy) is 2. The highest BCUT2D eigenvalue weighted by atomic mass is 32.2. The summed E-state index contributed by atoms with van der Waals surface area (Å²) < 4.78 is 51.6. The maximum absolute atomic E-state index is 13.8. The van der Waals surface area contributed by atoms with Gasteiger partial charge in [-0.05, 0) is 62.9 Å². The number of rotatable bonds is 7. The lowest BCUT2D eigenvalue weighted by Crippen LogP contribution is -2.42. The van der Waals surface area contributed by atoms with E-state index in [1.165, 1.54) is 19.2 Å². The van der Waals surface area contributed by atoms with Crippen LogP contribution in [-0.2, 0) is 19.6 Å². The lowest BCUT2D eigenvalue weighted by Gasteiger charge is -2.24. The SMILES string of the molecule is COc1ccc(C(=O)COC(=O)C2CCCN2S(=O)(=O)c2c(C)cc(C)cc2C)cc1F. The van der Waals surface area contributed by atoms with E-state index >= 15 is 0 Å². The number of sulfonamides is 1. The second kappa shape index (κ2) is 9.38. The van der Waals surface area contributed by atoms with Crippen LogP contribution in [-0.4, -0.2) is 50.8 Å². The molecule has 0 saturated carbocycles. The number of aryl methyl sites for hydroxylation is 3. The molecule has 172 valence electrons. The summed E-state index contributed by atoms with van der Waals surface area (Å²) in [6.07, 6.45) is 0.800. The van der Waals surface area contributed by atoms with Gasteiger partial charge in [-0.25, -0.2) is 12.8 Å². The molecule has 0 spiro atoms. The molecule has 1 heterocycles. The Morgan fingerprint density at radius 3 is 2.38 bits per heavy atom. The van der Waals surface area contributed by atoms with Crippen LogP contribution in [0, 0.1) is 26.6 Å². The molecule has 1 aliphatic rings. The molecule has 2 aromatic carbocycles. The topological polar surface area (TPSA) is 90.0 Å². The van der Waals surface area contributed by atoms with Gasteiger partial charge in [-0.3, -0.25) is 9.59 Å². The van der Waals surface area contributed by atoms with Gasteiger partial charge in [0.1, 0.15) is 6.04 Å². The Kier molecular flexibility index (Phi) is 7.00. The minimum absolute atomic E-state index is 0.00737. The minimum Gasteiger partial charge on any atom is -0.494 e. The summed E-state index contributed by atoms with van der Waals surface area (Å²) in [7, 11) is -2.62. The first-order valence-corrected chi connectivity index (χ1v) is 11.6. The fourth-order valence-corrected chi connectivity index (χ4v) is 6.17. The second-order valence-electron chi connectivity index (χ2n) is 7.88. The molecular weight excluding hydrogens is 437 g/mol. The molecule has 0 bridgehead atoms. The highest BCUT2D eigenvalue weighted by Gasteiger charge is 2.41. The molecule has 1 aliphatic heterocycles. The molecular formula is C23H26FNO6S. The Labute approximate surface area is 187 Å². The zero-order valence-corrected chi connectivity index (χ0v) is 19.3. The minimum atomic E-state index is -3.93. The highest BCUT2D eigenvalue weighted by molar-refractivity contribution is 7.89. The van der Waals surface area contributed by atoms with E-state index in [4.69, 9.17) is 9.47 Å². The lowest BCUT2D eigenvalue weighted by molar-refractivity contribution is -0.146. The van der Waals surface area contributed by atoms with Crippen molar-refractivity contribution in [1.82, 2.24) is 4.31 Å². The van der Waals surface area contributed by atoms with Gasteiger partial charge in [-0.2, -0.15) is 4.31 Å². The molecule has 0 aromatic heterocycles. The van der Waals surface area contributed by atoms with E-state index in [9.17, 15) is 22.4 Å². The smallest absolute Gasteiger partial charge is 0.324 e. The van der Waals surface area contributed by atoms with Crippen LogP contribution in [0.4, 0.5) is 4.39 Å². The summed E-state index contributed by atoms with van der Waals surface area (Å²) in [6, 6.07) is 6.24. The van der Waals surface area contributed by atoms with Gasteiger partial charge in [-0.15, -0.1) is 0 Å². The number of carbonyl (C=O) groups excluding carboxylic acids is 2. The zero-order valence-electron chi connectivity index (χ0n) is 18.5. The monoisotopic (exact) mass is 463 g/mol. The van der Waals surface area contributed by atoms with Crippen molar-refractivity contribution < 1.29 is 31.9 Å². The van der Waals surface area contributed by atoms with Crippen LogP contribution in [0.5, 0.6) is 5.75 Å². The average molecular weight is 464 g/mol. The van der Waals surface area contributed by atoms with Crippen molar-refractivity contribution in [3.8, 4) is 5.75 Å². The first-order chi connectivity index (χ1) is 15.1. The van der Waals surface area contributed by atoms with Crippen LogP contribution in [0.15, 0.2) is 35.2 Å². The lowest BCUT2D eigenvalue weighted by atomic mass is 10.1. The molecule has 7 nitrogen and oxygen atoms in total. The van der Waals surface area contributed by atoms with Gasteiger partial charge < -0.3 is 9.47 Å². The number of hydrogen-bond donors (Lipinski definition) is 0. The average Bonchev–Trinajstić information content (AvgIpc) is 3.21. The molecule has 0 radical (unpaired) electrons. The number of benzene rings is 2. The number of nitrogens with zero attached hydrogens (tertiary/aromatic N) is 1. The van der Waals surface area contributed by atoms with E-state index < -0.39 is 40.2 Å². The van der Waals surface area contributed by atoms with Crippen molar-refractivity contribution in [2.45, 2.75) is 44.6 Å². The van der Waals surface area contributed by atoms with Gasteiger partial charge in [0.2, 0.25) is 10.0 Å². The van der Waals surface area contributed by atoms with E-state index in [1.54, 1.807) is 26.0 Å². The largest absolute Gasteiger partial charge is 0.494 e. The van der Waals surface area contributed by atoms with Gasteiger partial charge in [0.15, 0.2) is 24.0 Å². The van der Waals surface area contributed by atoms with E-state index in [0.29, 0.717) is 24.0 Å². The molecule has 0 amide bonds. The third-order valence-electron chi connectivity index (χ3n) is 5.47. The summed E-state index contributed by atoms with van der Waals surface area (Å²) >= 11 is 0. The number of halogens is 1. The fraction of sp³-hybridized carbons (Fsp3) is 0.391. The zero-order chi connectivity index (χ0) is 23.6. The molecule has 0 aliphatic carbocycles. The fourth-order valence-electron chi connectivity index (χ4n) is 4.11. The van der Waals surface area contributed by atoms with Crippen LogP contribution >= 0.6 is 0 Å². The van der Waals surface area contributed by atoms with Crippen molar-refractivity contribution in [2.24, 2.45) is 0 Å². The first-order valence-electron chi connectivity index (χ1n) is 10.2. The van der Waals surface area contributed by atoms with Crippen molar-refractivity contribution in [2.75, 3.05) is 20.3 Å². The summed E-state index contributed by atoms with van der Waals surface area (Å²) in [6.45, 7) is 4.91. The number of ketones is 1. The molecule has 1 saturated heterocycles. The normalized spacial score (nSPS) is 16.7. The predicted octanol–water partition coefficient (Wildman–Crippen LogP) is 3.34. The Morgan fingerprint density at radius 1 is 1.12 bits per heavy atom. The number of esters is 1. The van der Waals surface area contributed by atoms with Crippen molar-refractivity contribution in [1.29, 1.82) is 0 Å². The summed E-state index contributed by atoms with van der Waals surface area (Å²) in [5.74, 6) is -2.11. The number of hydrogen-bond acceptors (Lipinski definition) is 6. The van der Waals surface area contributed by atoms with Crippen molar-refractivity contribution >= 4 is 21.8 Å². The molecule has 1 atom stereocenters. The van der Waals surface area contributed by atoms with Crippen LogP contribution in [0.2, 0.25) is 0 Å². The summed E-state index contributed by atoms with van der Waals surface area (Å²) in [4.78, 5) is 25.2. The van der Waals surface area contributed by atoms with Gasteiger partial charge >= 0.3 is 5.97 Å². The third-order valence-corrected chi connectivity index (χ3v) is 7.68. The molecule has 9 heteroatoms. The molecule has 32 heavy (non-hydrogen) atoms. The molecule has 3 rings (SSSR count). The number of Topliss-reactive ketones (excluding diaryl/α,β-unsaturated/α-hetero) is 1. The molecule has 1 fully saturated rings. The quantitative estimate of drug-likeness (QED) is 0.462.